The average Bonchev–Trinajstić information content (AvgIpc) is 2.80. The molecule has 0 radical (unpaired) electrons. The maximum Gasteiger partial charge on any atom is 0.295 e. The number of hydrogen-bond acceptors (Lipinski definition) is 8. The molecule has 3 aromatic carbocycles. The van der Waals surface area contributed by atoms with Gasteiger partial charge in [0.2, 0.25) is 0 Å². The highest BCUT2D eigenvalue weighted by molar-refractivity contribution is 7.92. The maximum absolute atomic E-state index is 12.7. The molecule has 0 heterocycles. The van der Waals surface area contributed by atoms with Crippen LogP contribution in [0.15, 0.2) is 70.7 Å². The summed E-state index contributed by atoms with van der Waals surface area (Å²) in [5.41, 5.74) is 2.98. The smallest absolute Gasteiger partial charge is 0.295 e. The van der Waals surface area contributed by atoms with Crippen LogP contribution in [0.3, 0.4) is 0 Å². The predicted molar refractivity (Wildman–Crippen MR) is 126 cm³/mol. The second kappa shape index (κ2) is 10.2. The molecule has 0 saturated heterocycles. The first-order valence-electron chi connectivity index (χ1n) is 9.31. The van der Waals surface area contributed by atoms with E-state index in [1.165, 1.54) is 56.8 Å². The van der Waals surface area contributed by atoms with Gasteiger partial charge in [-0.3, -0.25) is 20.3 Å². The van der Waals surface area contributed by atoms with Crippen LogP contribution in [0.5, 0.6) is 11.5 Å². The molecule has 0 atom stereocenters. The number of sulfonamides is 1. The zero-order valence-corrected chi connectivity index (χ0v) is 19.1. The third-order valence-corrected chi connectivity index (χ3v) is 6.03. The third kappa shape index (κ3) is 5.90. The molecular weight excluding hydrogens is 472 g/mol. The number of halogens is 1. The molecule has 0 aliphatic heterocycles. The zero-order valence-electron chi connectivity index (χ0n) is 17.5. The van der Waals surface area contributed by atoms with Crippen molar-refractivity contribution >= 4 is 44.9 Å². The summed E-state index contributed by atoms with van der Waals surface area (Å²) >= 11 is 5.80. The third-order valence-electron chi connectivity index (χ3n) is 4.40. The maximum atomic E-state index is 12.7. The lowest BCUT2D eigenvalue weighted by atomic mass is 10.2. The number of nitrogens with one attached hydrogen (secondary N) is 2. The van der Waals surface area contributed by atoms with Gasteiger partial charge in [-0.1, -0.05) is 11.6 Å². The van der Waals surface area contributed by atoms with Crippen molar-refractivity contribution in [3.63, 3.8) is 0 Å². The minimum absolute atomic E-state index is 0.00849. The summed E-state index contributed by atoms with van der Waals surface area (Å²) in [7, 11) is -1.06. The molecule has 33 heavy (non-hydrogen) atoms. The van der Waals surface area contributed by atoms with Crippen molar-refractivity contribution < 1.29 is 22.8 Å². The van der Waals surface area contributed by atoms with Gasteiger partial charge in [0.1, 0.15) is 17.2 Å². The number of hydrazone groups is 1. The van der Waals surface area contributed by atoms with Gasteiger partial charge in [-0.05, 0) is 48.5 Å². The lowest BCUT2D eigenvalue weighted by molar-refractivity contribution is -0.384. The Bertz CT molecular complexity index is 1300. The number of benzene rings is 3. The number of anilines is 2. The van der Waals surface area contributed by atoms with Gasteiger partial charge in [0, 0.05) is 28.4 Å². The van der Waals surface area contributed by atoms with Gasteiger partial charge in [0.25, 0.3) is 15.7 Å². The van der Waals surface area contributed by atoms with Gasteiger partial charge in [-0.2, -0.15) is 5.10 Å². The van der Waals surface area contributed by atoms with Crippen molar-refractivity contribution in [2.75, 3.05) is 24.4 Å². The van der Waals surface area contributed by atoms with Crippen molar-refractivity contribution in [3.8, 4) is 11.5 Å². The molecule has 0 fully saturated rings. The second-order valence-electron chi connectivity index (χ2n) is 6.53. The minimum Gasteiger partial charge on any atom is -0.497 e. The van der Waals surface area contributed by atoms with Crippen molar-refractivity contribution in [1.29, 1.82) is 0 Å². The van der Waals surface area contributed by atoms with E-state index in [0.29, 0.717) is 22.1 Å². The normalized spacial score (nSPS) is 11.2. The van der Waals surface area contributed by atoms with E-state index in [4.69, 9.17) is 21.1 Å². The molecule has 0 spiro atoms. The van der Waals surface area contributed by atoms with Crippen LogP contribution in [0.25, 0.3) is 0 Å². The van der Waals surface area contributed by atoms with Gasteiger partial charge in [-0.25, -0.2) is 8.42 Å². The topological polar surface area (TPSA) is 132 Å². The molecule has 12 heteroatoms. The highest BCUT2D eigenvalue weighted by atomic mass is 35.5. The van der Waals surface area contributed by atoms with Crippen LogP contribution in [0, 0.1) is 10.1 Å². The van der Waals surface area contributed by atoms with Crippen LogP contribution in [-0.2, 0) is 10.0 Å². The van der Waals surface area contributed by atoms with Crippen LogP contribution < -0.4 is 19.6 Å². The van der Waals surface area contributed by atoms with Gasteiger partial charge in [-0.15, -0.1) is 0 Å². The van der Waals surface area contributed by atoms with E-state index in [9.17, 15) is 18.5 Å². The number of ether oxygens (including phenoxy) is 2. The zero-order chi connectivity index (χ0) is 24.0. The molecule has 0 amide bonds. The molecule has 172 valence electrons. The Morgan fingerprint density at radius 3 is 2.39 bits per heavy atom. The number of nitro benzene ring substituents is 1. The molecule has 0 aromatic heterocycles. The summed E-state index contributed by atoms with van der Waals surface area (Å²) in [4.78, 5) is 10.6. The first-order chi connectivity index (χ1) is 15.7. The van der Waals surface area contributed by atoms with E-state index in [1.807, 2.05) is 0 Å². The lowest BCUT2D eigenvalue weighted by Gasteiger charge is -2.10. The number of methoxy groups -OCH3 is 2. The van der Waals surface area contributed by atoms with Crippen LogP contribution in [-0.4, -0.2) is 33.8 Å². The quantitative estimate of drug-likeness (QED) is 0.256. The van der Waals surface area contributed by atoms with E-state index < -0.39 is 20.6 Å². The van der Waals surface area contributed by atoms with Gasteiger partial charge >= 0.3 is 0 Å². The Labute approximate surface area is 195 Å². The lowest BCUT2D eigenvalue weighted by Crippen LogP contribution is -2.13. The molecule has 0 saturated carbocycles. The largest absolute Gasteiger partial charge is 0.497 e. The number of nitrogens with zero attached hydrogens (tertiary/aromatic N) is 2. The molecule has 3 rings (SSSR count). The van der Waals surface area contributed by atoms with Crippen LogP contribution in [0.1, 0.15) is 5.56 Å². The SMILES string of the molecule is COc1ccc(/C=N/Nc2ccc(S(=O)(=O)Nc3ccc(Cl)cc3)cc2[N+](=O)[O-])c(OC)c1. The van der Waals surface area contributed by atoms with Crippen LogP contribution in [0.2, 0.25) is 5.02 Å². The first kappa shape index (κ1) is 23.8. The Morgan fingerprint density at radius 1 is 1.03 bits per heavy atom. The van der Waals surface area contributed by atoms with Crippen molar-refractivity contribution in [2.24, 2.45) is 5.10 Å². The molecule has 10 nitrogen and oxygen atoms in total. The van der Waals surface area contributed by atoms with E-state index in [1.54, 1.807) is 18.2 Å². The summed E-state index contributed by atoms with van der Waals surface area (Å²) < 4.78 is 38.1. The number of rotatable bonds is 9. The molecule has 2 N–H and O–H groups in total. The Kier molecular flexibility index (Phi) is 7.36. The number of hydrogen-bond donors (Lipinski definition) is 2. The summed E-state index contributed by atoms with van der Waals surface area (Å²) in [5.74, 6) is 1.08. The Morgan fingerprint density at radius 2 is 1.76 bits per heavy atom. The van der Waals surface area contributed by atoms with Gasteiger partial charge < -0.3 is 9.47 Å². The summed E-state index contributed by atoms with van der Waals surface area (Å²) in [6, 6.07) is 14.5. The van der Waals surface area contributed by atoms with Gasteiger partial charge in [0.05, 0.1) is 30.3 Å². The molecule has 0 aliphatic rings. The summed E-state index contributed by atoms with van der Waals surface area (Å²) in [6.07, 6.45) is 1.41. The standard InChI is InChI=1S/C21H19ClN4O6S/c1-31-17-8-3-14(21(11-17)32-2)13-23-24-19-10-9-18(12-20(19)26(27)28)33(29,30)25-16-6-4-15(22)5-7-16/h3-13,24-25H,1-2H3/b23-13+. The monoisotopic (exact) mass is 490 g/mol. The van der Waals surface area contributed by atoms with E-state index in [0.717, 1.165) is 6.07 Å². The second-order valence-corrected chi connectivity index (χ2v) is 8.65. The molecule has 0 unspecified atom stereocenters. The highest BCUT2D eigenvalue weighted by Crippen LogP contribution is 2.29. The fraction of sp³-hybridized carbons (Fsp3) is 0.0952. The van der Waals surface area contributed by atoms with Crippen LogP contribution >= 0.6 is 11.6 Å². The highest BCUT2D eigenvalue weighted by Gasteiger charge is 2.21. The Balaban J connectivity index is 1.84. The Hall–Kier alpha value is -3.83. The van der Waals surface area contributed by atoms with Gasteiger partial charge in [0.15, 0.2) is 0 Å². The van der Waals surface area contributed by atoms with Crippen LogP contribution in [0.4, 0.5) is 17.1 Å². The molecule has 0 aliphatic carbocycles. The van der Waals surface area contributed by atoms with Crippen molar-refractivity contribution in [3.05, 3.63) is 81.4 Å². The average molecular weight is 491 g/mol. The van der Waals surface area contributed by atoms with E-state index in [2.05, 4.69) is 15.2 Å². The molecular formula is C21H19ClN4O6S. The predicted octanol–water partition coefficient (Wildman–Crippen LogP) is 4.51. The van der Waals surface area contributed by atoms with Crippen molar-refractivity contribution in [1.82, 2.24) is 0 Å². The fourth-order valence-electron chi connectivity index (χ4n) is 2.75. The van der Waals surface area contributed by atoms with E-state index >= 15 is 0 Å². The summed E-state index contributed by atoms with van der Waals surface area (Å²) in [5, 5.41) is 16.0. The first-order valence-corrected chi connectivity index (χ1v) is 11.2. The molecule has 0 bridgehead atoms. The number of nitro groups is 1. The van der Waals surface area contributed by atoms with E-state index in [-0.39, 0.29) is 16.3 Å². The minimum atomic E-state index is -4.07. The molecule has 3 aromatic rings. The fourth-order valence-corrected chi connectivity index (χ4v) is 3.96. The van der Waals surface area contributed by atoms with Crippen molar-refractivity contribution in [2.45, 2.75) is 4.90 Å². The summed E-state index contributed by atoms with van der Waals surface area (Å²) in [6.45, 7) is 0.